The fourth-order valence-corrected chi connectivity index (χ4v) is 6.69. The number of unbranched alkanes of at least 4 members (excludes halogenated alkanes) is 13. The standard InChI is InChI=1S/C32H60O11S/c1-3-5-6-7-8-9-10-11-12-13-14-15-16-17-18-44-21-22(4-2)40-30-28(38)29(24(20-34)41-31(30)39)43-32-27(37)26(36)25(35)23(19-33)42-32/h4,22-39H,2-3,5-21H2,1H3/t22?,23-,24-,25+,26+,27-,28+,29+,30-,31-,32-/m1/s1. The third kappa shape index (κ3) is 13.4. The third-order valence-corrected chi connectivity index (χ3v) is 9.62. The van der Waals surface area contributed by atoms with Crippen LogP contribution in [0.25, 0.3) is 0 Å². The number of rotatable bonds is 24. The summed E-state index contributed by atoms with van der Waals surface area (Å²) in [5, 5.41) is 71.3. The lowest BCUT2D eigenvalue weighted by Gasteiger charge is -2.46. The van der Waals surface area contributed by atoms with E-state index in [9.17, 15) is 35.7 Å². The summed E-state index contributed by atoms with van der Waals surface area (Å²) in [5.41, 5.74) is 0. The monoisotopic (exact) mass is 652 g/mol. The SMILES string of the molecule is C=CC(CSCCCCCCCCCCCCCCCC)O[C@@H]1[C@@H](O)[C@@H](O[C@H]2O[C@H](CO)[C@H](O)[C@H](O)[C@H]2O)[C@@H](CO)O[C@H]1O. The van der Waals surface area contributed by atoms with Crippen LogP contribution in [0.3, 0.4) is 0 Å². The van der Waals surface area contributed by atoms with E-state index in [1.54, 1.807) is 17.8 Å². The van der Waals surface area contributed by atoms with E-state index in [-0.39, 0.29) is 0 Å². The summed E-state index contributed by atoms with van der Waals surface area (Å²) in [7, 11) is 0. The van der Waals surface area contributed by atoms with Gasteiger partial charge < -0.3 is 54.7 Å². The second kappa shape index (κ2) is 23.1. The molecule has 2 aliphatic heterocycles. The Morgan fingerprint density at radius 2 is 1.23 bits per heavy atom. The number of aliphatic hydroxyl groups excluding tert-OH is 7. The van der Waals surface area contributed by atoms with Gasteiger partial charge in [0, 0.05) is 5.75 Å². The zero-order valence-corrected chi connectivity index (χ0v) is 27.4. The number of aliphatic hydroxyl groups is 7. The largest absolute Gasteiger partial charge is 0.394 e. The highest BCUT2D eigenvalue weighted by Gasteiger charge is 2.51. The molecule has 11 atom stereocenters. The summed E-state index contributed by atoms with van der Waals surface area (Å²) in [6.07, 6.45) is 4.79. The molecule has 0 spiro atoms. The van der Waals surface area contributed by atoms with Crippen molar-refractivity contribution in [2.45, 2.75) is 164 Å². The maximum Gasteiger partial charge on any atom is 0.187 e. The van der Waals surface area contributed by atoms with Crippen LogP contribution in [0.4, 0.5) is 0 Å². The fraction of sp³-hybridized carbons (Fsp3) is 0.938. The van der Waals surface area contributed by atoms with Crippen LogP contribution >= 0.6 is 11.8 Å². The minimum absolute atomic E-state index is 0.511. The Morgan fingerprint density at radius 3 is 1.75 bits per heavy atom. The Hall–Kier alpha value is -0.350. The topological polar surface area (TPSA) is 179 Å². The zero-order valence-electron chi connectivity index (χ0n) is 26.5. The molecule has 0 radical (unpaired) electrons. The minimum Gasteiger partial charge on any atom is -0.394 e. The zero-order chi connectivity index (χ0) is 32.3. The van der Waals surface area contributed by atoms with Crippen molar-refractivity contribution in [1.29, 1.82) is 0 Å². The number of ether oxygens (including phenoxy) is 4. The van der Waals surface area contributed by atoms with Gasteiger partial charge in [0.2, 0.25) is 0 Å². The second-order valence-electron chi connectivity index (χ2n) is 12.1. The molecule has 2 aliphatic rings. The van der Waals surface area contributed by atoms with Gasteiger partial charge in [0.25, 0.3) is 0 Å². The molecule has 0 bridgehead atoms. The van der Waals surface area contributed by atoms with Gasteiger partial charge in [-0.3, -0.25) is 0 Å². The Bertz CT molecular complexity index is 732. The molecule has 7 N–H and O–H groups in total. The number of hydrogen-bond donors (Lipinski definition) is 7. The van der Waals surface area contributed by atoms with Crippen molar-refractivity contribution < 1.29 is 54.7 Å². The summed E-state index contributed by atoms with van der Waals surface area (Å²) < 4.78 is 22.5. The molecule has 0 aromatic rings. The van der Waals surface area contributed by atoms with E-state index >= 15 is 0 Å². The maximum absolute atomic E-state index is 11.1. The van der Waals surface area contributed by atoms with Crippen LogP contribution in [0.15, 0.2) is 12.7 Å². The molecule has 11 nitrogen and oxygen atoms in total. The van der Waals surface area contributed by atoms with Gasteiger partial charge in [0.05, 0.1) is 19.3 Å². The molecule has 12 heteroatoms. The van der Waals surface area contributed by atoms with Crippen LogP contribution in [-0.4, -0.2) is 128 Å². The quantitative estimate of drug-likeness (QED) is 0.0599. The number of hydrogen-bond acceptors (Lipinski definition) is 12. The molecule has 0 aromatic carbocycles. The first-order chi connectivity index (χ1) is 21.3. The van der Waals surface area contributed by atoms with Crippen LogP contribution in [0, 0.1) is 0 Å². The summed E-state index contributed by atoms with van der Waals surface area (Å²) in [4.78, 5) is 0. The first-order valence-corrected chi connectivity index (χ1v) is 17.9. The van der Waals surface area contributed by atoms with Crippen LogP contribution < -0.4 is 0 Å². The van der Waals surface area contributed by atoms with Gasteiger partial charge in [-0.2, -0.15) is 11.8 Å². The average molecular weight is 653 g/mol. The minimum atomic E-state index is -1.71. The second-order valence-corrected chi connectivity index (χ2v) is 13.2. The van der Waals surface area contributed by atoms with E-state index in [0.29, 0.717) is 5.75 Å². The van der Waals surface area contributed by atoms with Crippen molar-refractivity contribution in [1.82, 2.24) is 0 Å². The van der Waals surface area contributed by atoms with Crippen LogP contribution in [0.5, 0.6) is 0 Å². The van der Waals surface area contributed by atoms with Crippen LogP contribution in [0.1, 0.15) is 96.8 Å². The van der Waals surface area contributed by atoms with Gasteiger partial charge in [0.1, 0.15) is 48.8 Å². The molecule has 2 fully saturated rings. The van der Waals surface area contributed by atoms with Crippen molar-refractivity contribution in [3.8, 4) is 0 Å². The molecular weight excluding hydrogens is 592 g/mol. The van der Waals surface area contributed by atoms with Crippen LogP contribution in [0.2, 0.25) is 0 Å². The van der Waals surface area contributed by atoms with Crippen molar-refractivity contribution in [2.75, 3.05) is 24.7 Å². The van der Waals surface area contributed by atoms with E-state index in [1.165, 1.54) is 83.5 Å². The summed E-state index contributed by atoms with van der Waals surface area (Å²) in [6.45, 7) is 4.78. The average Bonchev–Trinajstić information content (AvgIpc) is 3.02. The van der Waals surface area contributed by atoms with Gasteiger partial charge >= 0.3 is 0 Å². The molecule has 44 heavy (non-hydrogen) atoms. The lowest BCUT2D eigenvalue weighted by atomic mass is 9.97. The van der Waals surface area contributed by atoms with Gasteiger partial charge in [0.15, 0.2) is 12.6 Å². The fourth-order valence-electron chi connectivity index (χ4n) is 5.67. The van der Waals surface area contributed by atoms with Gasteiger partial charge in [-0.1, -0.05) is 96.5 Å². The van der Waals surface area contributed by atoms with E-state index < -0.39 is 80.7 Å². The Balaban J connectivity index is 1.68. The van der Waals surface area contributed by atoms with Gasteiger partial charge in [-0.15, -0.1) is 6.58 Å². The van der Waals surface area contributed by atoms with Crippen molar-refractivity contribution in [3.63, 3.8) is 0 Å². The van der Waals surface area contributed by atoms with Crippen molar-refractivity contribution >= 4 is 11.8 Å². The van der Waals surface area contributed by atoms with E-state index in [4.69, 9.17) is 18.9 Å². The molecule has 2 rings (SSSR count). The highest BCUT2D eigenvalue weighted by atomic mass is 32.2. The van der Waals surface area contributed by atoms with Gasteiger partial charge in [-0.05, 0) is 12.2 Å². The normalized spacial score (nSPS) is 33.4. The summed E-state index contributed by atoms with van der Waals surface area (Å²) in [6, 6.07) is 0. The Kier molecular flexibility index (Phi) is 20.9. The predicted octanol–water partition coefficient (Wildman–Crippen LogP) is 2.40. The highest BCUT2D eigenvalue weighted by molar-refractivity contribution is 7.99. The summed E-state index contributed by atoms with van der Waals surface area (Å²) >= 11 is 1.70. The van der Waals surface area contributed by atoms with E-state index in [2.05, 4.69) is 13.5 Å². The predicted molar refractivity (Wildman–Crippen MR) is 169 cm³/mol. The highest BCUT2D eigenvalue weighted by Crippen LogP contribution is 2.30. The molecule has 260 valence electrons. The molecule has 0 aliphatic carbocycles. The first kappa shape index (κ1) is 39.8. The lowest BCUT2D eigenvalue weighted by Crippen LogP contribution is -2.65. The molecule has 2 heterocycles. The molecule has 0 saturated carbocycles. The maximum atomic E-state index is 11.1. The molecule has 1 unspecified atom stereocenters. The van der Waals surface area contributed by atoms with E-state index in [1.807, 2.05) is 0 Å². The first-order valence-electron chi connectivity index (χ1n) is 16.7. The molecule has 2 saturated heterocycles. The summed E-state index contributed by atoms with van der Waals surface area (Å²) in [5.74, 6) is 1.51. The molecular formula is C32H60O11S. The third-order valence-electron chi connectivity index (χ3n) is 8.47. The van der Waals surface area contributed by atoms with Gasteiger partial charge in [-0.25, -0.2) is 0 Å². The van der Waals surface area contributed by atoms with E-state index in [0.717, 1.165) is 12.2 Å². The Labute approximate surface area is 267 Å². The smallest absolute Gasteiger partial charge is 0.187 e. The lowest BCUT2D eigenvalue weighted by molar-refractivity contribution is -0.359. The van der Waals surface area contributed by atoms with Crippen LogP contribution in [-0.2, 0) is 18.9 Å². The van der Waals surface area contributed by atoms with Crippen molar-refractivity contribution in [3.05, 3.63) is 12.7 Å². The number of thioether (sulfide) groups is 1. The Morgan fingerprint density at radius 1 is 0.682 bits per heavy atom. The molecule has 0 amide bonds. The molecule has 0 aromatic heterocycles. The van der Waals surface area contributed by atoms with Crippen molar-refractivity contribution in [2.24, 2.45) is 0 Å².